The molecule has 2 rings (SSSR count). The first-order valence-corrected chi connectivity index (χ1v) is 6.85. The van der Waals surface area contributed by atoms with Crippen molar-refractivity contribution in [1.82, 2.24) is 4.98 Å². The van der Waals surface area contributed by atoms with E-state index in [1.807, 2.05) is 36.2 Å². The van der Waals surface area contributed by atoms with Gasteiger partial charge in [0.05, 0.1) is 11.0 Å². The highest BCUT2D eigenvalue weighted by molar-refractivity contribution is 7.15. The molecule has 1 unspecified atom stereocenters. The molecule has 0 saturated heterocycles. The minimum absolute atomic E-state index is 0.462. The molecule has 3 nitrogen and oxygen atoms in total. The summed E-state index contributed by atoms with van der Waals surface area (Å²) in [6.45, 7) is 2.49. The first-order valence-electron chi connectivity index (χ1n) is 5.65. The van der Waals surface area contributed by atoms with Crippen LogP contribution in [-0.4, -0.2) is 17.1 Å². The van der Waals surface area contributed by atoms with E-state index in [4.69, 9.17) is 11.6 Å². The fourth-order valence-corrected chi connectivity index (χ4v) is 2.65. The van der Waals surface area contributed by atoms with Crippen LogP contribution in [0.1, 0.15) is 23.5 Å². The van der Waals surface area contributed by atoms with E-state index in [-0.39, 0.29) is 0 Å². The molecular weight excluding hydrogens is 268 g/mol. The molecule has 1 heterocycles. The third-order valence-electron chi connectivity index (χ3n) is 2.56. The molecule has 0 saturated carbocycles. The van der Waals surface area contributed by atoms with E-state index in [9.17, 15) is 5.11 Å². The maximum atomic E-state index is 9.48. The van der Waals surface area contributed by atoms with Crippen molar-refractivity contribution in [3.05, 3.63) is 45.9 Å². The summed E-state index contributed by atoms with van der Waals surface area (Å²) in [5, 5.41) is 11.1. The lowest BCUT2D eigenvalue weighted by Gasteiger charge is -2.15. The zero-order valence-corrected chi connectivity index (χ0v) is 11.9. The molecule has 96 valence electrons. The van der Waals surface area contributed by atoms with Gasteiger partial charge in [-0.05, 0) is 24.6 Å². The lowest BCUT2D eigenvalue weighted by Crippen LogP contribution is -2.15. The summed E-state index contributed by atoms with van der Waals surface area (Å²) >= 11 is 7.46. The van der Waals surface area contributed by atoms with Crippen LogP contribution in [0.4, 0.5) is 5.13 Å². The summed E-state index contributed by atoms with van der Waals surface area (Å²) in [5.74, 6) is 0. The van der Waals surface area contributed by atoms with E-state index in [0.717, 1.165) is 27.1 Å². The average molecular weight is 283 g/mol. The molecule has 0 bridgehead atoms. The molecule has 1 aromatic heterocycles. The van der Waals surface area contributed by atoms with Crippen LogP contribution < -0.4 is 4.90 Å². The van der Waals surface area contributed by atoms with Crippen molar-refractivity contribution in [2.75, 3.05) is 11.9 Å². The third-order valence-corrected chi connectivity index (χ3v) is 4.08. The van der Waals surface area contributed by atoms with Gasteiger partial charge in [-0.3, -0.25) is 0 Å². The minimum Gasteiger partial charge on any atom is -0.388 e. The Kier molecular flexibility index (Phi) is 4.22. The van der Waals surface area contributed by atoms with E-state index in [1.54, 1.807) is 13.1 Å². The number of aliphatic hydroxyl groups excluding tert-OH is 1. The molecule has 0 aliphatic rings. The molecule has 0 fully saturated rings. The summed E-state index contributed by atoms with van der Waals surface area (Å²) in [6.07, 6.45) is 1.26. The van der Waals surface area contributed by atoms with Gasteiger partial charge in [0.1, 0.15) is 0 Å². The maximum Gasteiger partial charge on any atom is 0.185 e. The van der Waals surface area contributed by atoms with Crippen LogP contribution >= 0.6 is 22.9 Å². The number of aromatic nitrogens is 1. The van der Waals surface area contributed by atoms with Gasteiger partial charge in [-0.15, -0.1) is 0 Å². The van der Waals surface area contributed by atoms with Crippen molar-refractivity contribution in [3.63, 3.8) is 0 Å². The Balaban J connectivity index is 2.09. The van der Waals surface area contributed by atoms with Crippen molar-refractivity contribution < 1.29 is 5.11 Å². The number of nitrogens with zero attached hydrogens (tertiary/aromatic N) is 2. The topological polar surface area (TPSA) is 36.4 Å². The number of anilines is 1. The van der Waals surface area contributed by atoms with Crippen molar-refractivity contribution >= 4 is 28.1 Å². The molecular formula is C13H15ClN2OS. The van der Waals surface area contributed by atoms with Crippen LogP contribution in [0.5, 0.6) is 0 Å². The summed E-state index contributed by atoms with van der Waals surface area (Å²) in [4.78, 5) is 7.23. The molecule has 18 heavy (non-hydrogen) atoms. The number of hydrogen-bond donors (Lipinski definition) is 1. The Bertz CT molecular complexity index is 527. The number of thiazole rings is 1. The SMILES string of the molecule is CC(O)c1cnc(N(C)Cc2cccc(Cl)c2)s1. The lowest BCUT2D eigenvalue weighted by atomic mass is 10.2. The summed E-state index contributed by atoms with van der Waals surface area (Å²) < 4.78 is 0. The minimum atomic E-state index is -0.462. The first-order chi connectivity index (χ1) is 8.56. The molecule has 1 atom stereocenters. The van der Waals surface area contributed by atoms with E-state index < -0.39 is 6.10 Å². The van der Waals surface area contributed by atoms with Gasteiger partial charge in [-0.2, -0.15) is 0 Å². The van der Waals surface area contributed by atoms with Gasteiger partial charge in [-0.1, -0.05) is 35.1 Å². The molecule has 1 N–H and O–H groups in total. The van der Waals surface area contributed by atoms with Crippen LogP contribution in [-0.2, 0) is 6.54 Å². The molecule has 1 aromatic carbocycles. The van der Waals surface area contributed by atoms with E-state index in [2.05, 4.69) is 4.98 Å². The number of halogens is 1. The number of aliphatic hydroxyl groups is 1. The quantitative estimate of drug-likeness (QED) is 0.933. The smallest absolute Gasteiger partial charge is 0.185 e. The monoisotopic (exact) mass is 282 g/mol. The molecule has 2 aromatic rings. The second-order valence-corrected chi connectivity index (χ2v) is 5.68. The van der Waals surface area contributed by atoms with Gasteiger partial charge in [-0.25, -0.2) is 4.98 Å². The summed E-state index contributed by atoms with van der Waals surface area (Å²) in [7, 11) is 1.98. The van der Waals surface area contributed by atoms with Gasteiger partial charge in [0, 0.05) is 24.8 Å². The highest BCUT2D eigenvalue weighted by Gasteiger charge is 2.10. The molecule has 0 radical (unpaired) electrons. The van der Waals surface area contributed by atoms with Crippen LogP contribution in [0, 0.1) is 0 Å². The van der Waals surface area contributed by atoms with Gasteiger partial charge >= 0.3 is 0 Å². The van der Waals surface area contributed by atoms with Crippen molar-refractivity contribution in [2.45, 2.75) is 19.6 Å². The zero-order chi connectivity index (χ0) is 13.1. The largest absolute Gasteiger partial charge is 0.388 e. The number of rotatable bonds is 4. The van der Waals surface area contributed by atoms with Crippen molar-refractivity contribution in [3.8, 4) is 0 Å². The Morgan fingerprint density at radius 2 is 2.28 bits per heavy atom. The van der Waals surface area contributed by atoms with Crippen LogP contribution in [0.25, 0.3) is 0 Å². The molecule has 0 spiro atoms. The van der Waals surface area contributed by atoms with E-state index >= 15 is 0 Å². The number of benzene rings is 1. The predicted octanol–water partition coefficient (Wildman–Crippen LogP) is 3.49. The molecule has 0 amide bonds. The van der Waals surface area contributed by atoms with Crippen LogP contribution in [0.15, 0.2) is 30.5 Å². The highest BCUT2D eigenvalue weighted by Crippen LogP contribution is 2.27. The first kappa shape index (κ1) is 13.3. The Morgan fingerprint density at radius 1 is 1.50 bits per heavy atom. The fourth-order valence-electron chi connectivity index (χ4n) is 1.62. The highest BCUT2D eigenvalue weighted by atomic mass is 35.5. The lowest BCUT2D eigenvalue weighted by molar-refractivity contribution is 0.203. The van der Waals surface area contributed by atoms with Gasteiger partial charge in [0.2, 0.25) is 0 Å². The van der Waals surface area contributed by atoms with Gasteiger partial charge in [0.15, 0.2) is 5.13 Å². The second-order valence-electron chi connectivity index (χ2n) is 4.21. The maximum absolute atomic E-state index is 9.48. The van der Waals surface area contributed by atoms with Gasteiger partial charge < -0.3 is 10.0 Å². The molecule has 0 aliphatic carbocycles. The molecule has 5 heteroatoms. The second kappa shape index (κ2) is 5.69. The van der Waals surface area contributed by atoms with E-state index in [0.29, 0.717) is 0 Å². The zero-order valence-electron chi connectivity index (χ0n) is 10.3. The Labute approximate surface area is 116 Å². The van der Waals surface area contributed by atoms with E-state index in [1.165, 1.54) is 11.3 Å². The average Bonchev–Trinajstić information content (AvgIpc) is 2.78. The van der Waals surface area contributed by atoms with Crippen LogP contribution in [0.3, 0.4) is 0 Å². The fraction of sp³-hybridized carbons (Fsp3) is 0.308. The normalized spacial score (nSPS) is 12.4. The summed E-state index contributed by atoms with van der Waals surface area (Å²) in [5.41, 5.74) is 1.14. The van der Waals surface area contributed by atoms with Crippen molar-refractivity contribution in [2.24, 2.45) is 0 Å². The predicted molar refractivity (Wildman–Crippen MR) is 76.3 cm³/mol. The number of hydrogen-bond acceptors (Lipinski definition) is 4. The molecule has 0 aliphatic heterocycles. The van der Waals surface area contributed by atoms with Crippen molar-refractivity contribution in [1.29, 1.82) is 0 Å². The third kappa shape index (κ3) is 3.22. The standard InChI is InChI=1S/C13H15ClN2OS/c1-9(17)12-7-15-13(18-12)16(2)8-10-4-3-5-11(14)6-10/h3-7,9,17H,8H2,1-2H3. The van der Waals surface area contributed by atoms with Gasteiger partial charge in [0.25, 0.3) is 0 Å². The van der Waals surface area contributed by atoms with Crippen LogP contribution in [0.2, 0.25) is 5.02 Å². The Hall–Kier alpha value is -1.10. The summed E-state index contributed by atoms with van der Waals surface area (Å²) in [6, 6.07) is 7.78. The Morgan fingerprint density at radius 3 is 2.89 bits per heavy atom.